The van der Waals surface area contributed by atoms with Crippen LogP contribution in [0.5, 0.6) is 0 Å². The molecule has 0 radical (unpaired) electrons. The Morgan fingerprint density at radius 1 is 1.00 bits per heavy atom. The van der Waals surface area contributed by atoms with Crippen LogP contribution in [-0.4, -0.2) is 0 Å². The van der Waals surface area contributed by atoms with Crippen molar-refractivity contribution < 1.29 is 17.6 Å². The maximum Gasteiger partial charge on any atom is 0.419 e. The van der Waals surface area contributed by atoms with E-state index in [0.29, 0.717) is 11.6 Å². The molecule has 1 atom stereocenters. The zero-order chi connectivity index (χ0) is 15.6. The number of hydrazine groups is 1. The van der Waals surface area contributed by atoms with E-state index in [9.17, 15) is 17.6 Å². The van der Waals surface area contributed by atoms with E-state index < -0.39 is 23.6 Å². The average Bonchev–Trinajstić information content (AvgIpc) is 2.42. The van der Waals surface area contributed by atoms with Gasteiger partial charge in [-0.1, -0.05) is 41.9 Å². The lowest BCUT2D eigenvalue weighted by Gasteiger charge is -2.20. The van der Waals surface area contributed by atoms with E-state index in [1.165, 1.54) is 6.07 Å². The third kappa shape index (κ3) is 3.18. The topological polar surface area (TPSA) is 38.0 Å². The molecule has 0 aromatic heterocycles. The Kier molecular flexibility index (Phi) is 4.51. The van der Waals surface area contributed by atoms with Gasteiger partial charge in [-0.3, -0.25) is 5.84 Å². The van der Waals surface area contributed by atoms with Crippen molar-refractivity contribution >= 4 is 11.6 Å². The van der Waals surface area contributed by atoms with Crippen LogP contribution in [0, 0.1) is 5.82 Å². The SMILES string of the molecule is NNC(c1ccccc1Cl)c1cccc(C(F)(F)F)c1F. The van der Waals surface area contributed by atoms with Crippen LogP contribution in [-0.2, 0) is 6.18 Å². The maximum absolute atomic E-state index is 14.2. The summed E-state index contributed by atoms with van der Waals surface area (Å²) in [6, 6.07) is 8.46. The van der Waals surface area contributed by atoms with E-state index in [1.807, 2.05) is 0 Å². The molecular formula is C14H11ClF4N2. The van der Waals surface area contributed by atoms with Crippen LogP contribution in [0.25, 0.3) is 0 Å². The second-order valence-electron chi connectivity index (χ2n) is 4.33. The first-order chi connectivity index (χ1) is 9.86. The number of halogens is 5. The molecule has 3 N–H and O–H groups in total. The highest BCUT2D eigenvalue weighted by molar-refractivity contribution is 6.31. The first-order valence-corrected chi connectivity index (χ1v) is 6.30. The molecule has 2 aromatic carbocycles. The molecule has 0 amide bonds. The summed E-state index contributed by atoms with van der Waals surface area (Å²) in [7, 11) is 0. The molecule has 21 heavy (non-hydrogen) atoms. The van der Waals surface area contributed by atoms with Crippen molar-refractivity contribution in [3.05, 3.63) is 70.0 Å². The Morgan fingerprint density at radius 3 is 2.19 bits per heavy atom. The molecular weight excluding hydrogens is 308 g/mol. The van der Waals surface area contributed by atoms with Gasteiger partial charge in [-0.05, 0) is 17.7 Å². The van der Waals surface area contributed by atoms with E-state index in [1.54, 1.807) is 24.3 Å². The summed E-state index contributed by atoms with van der Waals surface area (Å²) in [5.74, 6) is 4.01. The van der Waals surface area contributed by atoms with Crippen molar-refractivity contribution in [2.24, 2.45) is 5.84 Å². The standard InChI is InChI=1S/C14H11ClF4N2/c15-11-7-2-1-4-8(11)13(21-20)9-5-3-6-10(12(9)16)14(17,18)19/h1-7,13,21H,20H2. The normalized spacial score (nSPS) is 13.2. The molecule has 2 nitrogen and oxygen atoms in total. The second kappa shape index (κ2) is 6.01. The predicted octanol–water partition coefficient (Wildman–Crippen LogP) is 4.05. The minimum Gasteiger partial charge on any atom is -0.271 e. The smallest absolute Gasteiger partial charge is 0.271 e. The molecule has 0 fully saturated rings. The lowest BCUT2D eigenvalue weighted by Crippen LogP contribution is -2.30. The van der Waals surface area contributed by atoms with E-state index in [4.69, 9.17) is 17.4 Å². The summed E-state index contributed by atoms with van der Waals surface area (Å²) in [6.45, 7) is 0. The quantitative estimate of drug-likeness (QED) is 0.509. The van der Waals surface area contributed by atoms with Crippen LogP contribution in [0.15, 0.2) is 42.5 Å². The number of rotatable bonds is 3. The fourth-order valence-corrected chi connectivity index (χ4v) is 2.29. The second-order valence-corrected chi connectivity index (χ2v) is 4.73. The molecule has 1 unspecified atom stereocenters. The van der Waals surface area contributed by atoms with Gasteiger partial charge >= 0.3 is 6.18 Å². The largest absolute Gasteiger partial charge is 0.419 e. The van der Waals surface area contributed by atoms with Crippen LogP contribution < -0.4 is 11.3 Å². The highest BCUT2D eigenvalue weighted by atomic mass is 35.5. The molecule has 2 rings (SSSR count). The third-order valence-corrected chi connectivity index (χ3v) is 3.37. The molecule has 0 heterocycles. The van der Waals surface area contributed by atoms with Gasteiger partial charge < -0.3 is 0 Å². The summed E-state index contributed by atoms with van der Waals surface area (Å²) in [5.41, 5.74) is 1.13. The van der Waals surface area contributed by atoms with E-state index in [0.717, 1.165) is 6.07 Å². The van der Waals surface area contributed by atoms with Gasteiger partial charge in [-0.2, -0.15) is 13.2 Å². The summed E-state index contributed by atoms with van der Waals surface area (Å²) in [4.78, 5) is 0. The first kappa shape index (κ1) is 15.8. The number of nitrogens with two attached hydrogens (primary N) is 1. The van der Waals surface area contributed by atoms with Gasteiger partial charge in [0.05, 0.1) is 11.6 Å². The molecule has 2 aromatic rings. The molecule has 0 bridgehead atoms. The minimum absolute atomic E-state index is 0.222. The Morgan fingerprint density at radius 2 is 1.62 bits per heavy atom. The minimum atomic E-state index is -4.78. The molecule has 0 aliphatic rings. The van der Waals surface area contributed by atoms with Crippen LogP contribution >= 0.6 is 11.6 Å². The van der Waals surface area contributed by atoms with Gasteiger partial charge in [0.2, 0.25) is 0 Å². The highest BCUT2D eigenvalue weighted by Crippen LogP contribution is 2.36. The molecule has 7 heteroatoms. The van der Waals surface area contributed by atoms with Gasteiger partial charge in [0, 0.05) is 10.6 Å². The van der Waals surface area contributed by atoms with Gasteiger partial charge in [-0.25, -0.2) is 9.82 Å². The van der Waals surface area contributed by atoms with Crippen LogP contribution in [0.3, 0.4) is 0 Å². The van der Waals surface area contributed by atoms with Crippen molar-refractivity contribution in [2.45, 2.75) is 12.2 Å². The predicted molar refractivity (Wildman–Crippen MR) is 72.0 cm³/mol. The molecule has 0 saturated heterocycles. The Hall–Kier alpha value is -1.63. The van der Waals surface area contributed by atoms with Gasteiger partial charge in [0.1, 0.15) is 5.82 Å². The van der Waals surface area contributed by atoms with E-state index >= 15 is 0 Å². The van der Waals surface area contributed by atoms with Crippen LogP contribution in [0.4, 0.5) is 17.6 Å². The van der Waals surface area contributed by atoms with Crippen molar-refractivity contribution in [3.8, 4) is 0 Å². The molecule has 0 aliphatic heterocycles. The van der Waals surface area contributed by atoms with Gasteiger partial charge in [0.15, 0.2) is 0 Å². The van der Waals surface area contributed by atoms with Crippen LogP contribution in [0.2, 0.25) is 5.02 Å². The number of benzene rings is 2. The zero-order valence-electron chi connectivity index (χ0n) is 10.6. The Labute approximate surface area is 123 Å². The highest BCUT2D eigenvalue weighted by Gasteiger charge is 2.36. The molecule has 0 aliphatic carbocycles. The van der Waals surface area contributed by atoms with Crippen molar-refractivity contribution in [1.29, 1.82) is 0 Å². The Balaban J connectivity index is 2.57. The molecule has 0 saturated carbocycles. The third-order valence-electron chi connectivity index (χ3n) is 3.03. The van der Waals surface area contributed by atoms with Crippen molar-refractivity contribution in [1.82, 2.24) is 5.43 Å². The summed E-state index contributed by atoms with van der Waals surface area (Å²) >= 11 is 5.99. The number of hydrogen-bond acceptors (Lipinski definition) is 2. The summed E-state index contributed by atoms with van der Waals surface area (Å²) in [6.07, 6.45) is -4.78. The van der Waals surface area contributed by atoms with Gasteiger partial charge in [-0.15, -0.1) is 0 Å². The lowest BCUT2D eigenvalue weighted by atomic mass is 9.96. The Bertz CT molecular complexity index is 643. The lowest BCUT2D eigenvalue weighted by molar-refractivity contribution is -0.140. The number of alkyl halides is 3. The fourth-order valence-electron chi connectivity index (χ4n) is 2.05. The van der Waals surface area contributed by atoms with E-state index in [-0.39, 0.29) is 10.6 Å². The van der Waals surface area contributed by atoms with Crippen molar-refractivity contribution in [3.63, 3.8) is 0 Å². The summed E-state index contributed by atoms with van der Waals surface area (Å²) < 4.78 is 52.4. The molecule has 0 spiro atoms. The van der Waals surface area contributed by atoms with E-state index in [2.05, 4.69) is 5.43 Å². The number of nitrogens with one attached hydrogen (secondary N) is 1. The fraction of sp³-hybridized carbons (Fsp3) is 0.143. The summed E-state index contributed by atoms with van der Waals surface area (Å²) in [5, 5.41) is 0.275. The zero-order valence-corrected chi connectivity index (χ0v) is 11.3. The van der Waals surface area contributed by atoms with Crippen LogP contribution in [0.1, 0.15) is 22.7 Å². The number of hydrogen-bond donors (Lipinski definition) is 2. The monoisotopic (exact) mass is 318 g/mol. The first-order valence-electron chi connectivity index (χ1n) is 5.92. The van der Waals surface area contributed by atoms with Gasteiger partial charge in [0.25, 0.3) is 0 Å². The average molecular weight is 319 g/mol. The van der Waals surface area contributed by atoms with Crippen molar-refractivity contribution in [2.75, 3.05) is 0 Å². The maximum atomic E-state index is 14.2. The molecule has 112 valence electrons.